The lowest BCUT2D eigenvalue weighted by Crippen LogP contribution is -2.25. The summed E-state index contributed by atoms with van der Waals surface area (Å²) in [6.45, 7) is 2.79. The summed E-state index contributed by atoms with van der Waals surface area (Å²) < 4.78 is 4.88. The third-order valence-electron chi connectivity index (χ3n) is 3.51. The Bertz CT molecular complexity index is 713. The van der Waals surface area contributed by atoms with Crippen LogP contribution in [0.5, 0.6) is 0 Å². The van der Waals surface area contributed by atoms with Crippen LogP contribution < -0.4 is 10.6 Å². The van der Waals surface area contributed by atoms with Crippen LogP contribution in [-0.4, -0.2) is 25.5 Å². The first-order chi connectivity index (χ1) is 11.6. The Balaban J connectivity index is 2.02. The van der Waals surface area contributed by atoms with Gasteiger partial charge in [-0.25, -0.2) is 0 Å². The van der Waals surface area contributed by atoms with Crippen molar-refractivity contribution in [2.24, 2.45) is 0 Å². The Morgan fingerprint density at radius 3 is 2.62 bits per heavy atom. The van der Waals surface area contributed by atoms with Gasteiger partial charge in [-0.1, -0.05) is 42.0 Å². The smallest absolute Gasteiger partial charge is 0.253 e. The first-order valence-corrected chi connectivity index (χ1v) is 7.81. The number of rotatable bonds is 7. The van der Waals surface area contributed by atoms with E-state index in [2.05, 4.69) is 10.6 Å². The minimum absolute atomic E-state index is 0.184. The Kier molecular flexibility index (Phi) is 6.51. The second-order valence-corrected chi connectivity index (χ2v) is 5.51. The van der Waals surface area contributed by atoms with Gasteiger partial charge in [0.15, 0.2) is 0 Å². The van der Waals surface area contributed by atoms with Gasteiger partial charge in [-0.15, -0.1) is 0 Å². The highest BCUT2D eigenvalue weighted by Crippen LogP contribution is 2.15. The number of hydrogen-bond donors (Lipinski definition) is 2. The predicted octanol–water partition coefficient (Wildman–Crippen LogP) is 2.90. The quantitative estimate of drug-likeness (QED) is 0.822. The number of carbonyl (C=O) groups excluding carboxylic acids is 2. The van der Waals surface area contributed by atoms with E-state index < -0.39 is 0 Å². The van der Waals surface area contributed by atoms with E-state index >= 15 is 0 Å². The van der Waals surface area contributed by atoms with Crippen molar-refractivity contribution < 1.29 is 14.3 Å². The SMILES string of the molecule is COCCC(=O)Nc1ccccc1C(=O)NCc1cccc(C)c1. The molecule has 5 nitrogen and oxygen atoms in total. The fourth-order valence-corrected chi connectivity index (χ4v) is 2.30. The summed E-state index contributed by atoms with van der Waals surface area (Å²) in [5.41, 5.74) is 3.12. The first kappa shape index (κ1) is 17.7. The van der Waals surface area contributed by atoms with Gasteiger partial charge in [-0.05, 0) is 24.6 Å². The number of methoxy groups -OCH3 is 1. The number of aryl methyl sites for hydroxylation is 1. The molecular weight excluding hydrogens is 304 g/mol. The molecule has 0 atom stereocenters. The summed E-state index contributed by atoms with van der Waals surface area (Å²) in [7, 11) is 1.54. The number of hydrogen-bond acceptors (Lipinski definition) is 3. The first-order valence-electron chi connectivity index (χ1n) is 7.81. The molecule has 0 unspecified atom stereocenters. The van der Waals surface area contributed by atoms with Gasteiger partial charge in [0, 0.05) is 13.7 Å². The molecule has 2 aromatic carbocycles. The fourth-order valence-electron chi connectivity index (χ4n) is 2.30. The molecule has 2 aromatic rings. The second kappa shape index (κ2) is 8.84. The lowest BCUT2D eigenvalue weighted by atomic mass is 10.1. The second-order valence-electron chi connectivity index (χ2n) is 5.51. The number of nitrogens with one attached hydrogen (secondary N) is 2. The zero-order chi connectivity index (χ0) is 17.4. The molecule has 0 aliphatic rings. The molecular formula is C19H22N2O3. The molecule has 0 saturated heterocycles. The van der Waals surface area contributed by atoms with Crippen LogP contribution in [0.4, 0.5) is 5.69 Å². The van der Waals surface area contributed by atoms with Crippen molar-refractivity contribution in [2.75, 3.05) is 19.0 Å². The molecule has 0 fully saturated rings. The predicted molar refractivity (Wildman–Crippen MR) is 93.9 cm³/mol. The van der Waals surface area contributed by atoms with Gasteiger partial charge in [-0.3, -0.25) is 9.59 Å². The molecule has 2 amide bonds. The maximum Gasteiger partial charge on any atom is 0.253 e. The van der Waals surface area contributed by atoms with E-state index in [-0.39, 0.29) is 18.2 Å². The Morgan fingerprint density at radius 2 is 1.88 bits per heavy atom. The van der Waals surface area contributed by atoms with Gasteiger partial charge in [-0.2, -0.15) is 0 Å². The van der Waals surface area contributed by atoms with Crippen molar-refractivity contribution in [3.8, 4) is 0 Å². The fraction of sp³-hybridized carbons (Fsp3) is 0.263. The Hall–Kier alpha value is -2.66. The Morgan fingerprint density at radius 1 is 1.08 bits per heavy atom. The van der Waals surface area contributed by atoms with Gasteiger partial charge >= 0.3 is 0 Å². The number of para-hydroxylation sites is 1. The summed E-state index contributed by atoms with van der Waals surface area (Å²) in [4.78, 5) is 24.3. The van der Waals surface area contributed by atoms with Gasteiger partial charge in [0.25, 0.3) is 5.91 Å². The number of anilines is 1. The van der Waals surface area contributed by atoms with Gasteiger partial charge in [0.05, 0.1) is 24.3 Å². The van der Waals surface area contributed by atoms with Crippen molar-refractivity contribution >= 4 is 17.5 Å². The van der Waals surface area contributed by atoms with Crippen molar-refractivity contribution in [3.63, 3.8) is 0 Å². The van der Waals surface area contributed by atoms with Crippen LogP contribution in [0.2, 0.25) is 0 Å². The van der Waals surface area contributed by atoms with E-state index in [9.17, 15) is 9.59 Å². The van der Waals surface area contributed by atoms with Crippen LogP contribution in [0.15, 0.2) is 48.5 Å². The molecule has 0 aliphatic carbocycles. The normalized spacial score (nSPS) is 10.2. The van der Waals surface area contributed by atoms with Crippen LogP contribution in [0.1, 0.15) is 27.9 Å². The molecule has 0 aliphatic heterocycles. The standard InChI is InChI=1S/C19H22N2O3/c1-14-6-5-7-15(12-14)13-20-19(23)16-8-3-4-9-17(16)21-18(22)10-11-24-2/h3-9,12H,10-11,13H2,1-2H3,(H,20,23)(H,21,22). The molecule has 0 saturated carbocycles. The number of carbonyl (C=O) groups is 2. The van der Waals surface area contributed by atoms with Gasteiger partial charge in [0.1, 0.15) is 0 Å². The molecule has 5 heteroatoms. The highest BCUT2D eigenvalue weighted by atomic mass is 16.5. The van der Waals surface area contributed by atoms with Crippen molar-refractivity contribution in [2.45, 2.75) is 19.9 Å². The van der Waals surface area contributed by atoms with Crippen LogP contribution in [0.3, 0.4) is 0 Å². The summed E-state index contributed by atoms with van der Waals surface area (Å²) in [6.07, 6.45) is 0.246. The molecule has 0 heterocycles. The molecule has 2 N–H and O–H groups in total. The van der Waals surface area contributed by atoms with E-state index in [1.54, 1.807) is 31.4 Å². The molecule has 0 radical (unpaired) electrons. The highest BCUT2D eigenvalue weighted by Gasteiger charge is 2.12. The van der Waals surface area contributed by atoms with Crippen LogP contribution in [-0.2, 0) is 16.1 Å². The minimum Gasteiger partial charge on any atom is -0.384 e. The average Bonchev–Trinajstić information content (AvgIpc) is 2.58. The third-order valence-corrected chi connectivity index (χ3v) is 3.51. The molecule has 24 heavy (non-hydrogen) atoms. The van der Waals surface area contributed by atoms with E-state index in [0.717, 1.165) is 11.1 Å². The average molecular weight is 326 g/mol. The number of benzene rings is 2. The molecule has 0 spiro atoms. The van der Waals surface area contributed by atoms with Crippen LogP contribution in [0, 0.1) is 6.92 Å². The van der Waals surface area contributed by atoms with Gasteiger partial charge in [0.2, 0.25) is 5.91 Å². The summed E-state index contributed by atoms with van der Waals surface area (Å²) in [6, 6.07) is 14.9. The monoisotopic (exact) mass is 326 g/mol. The third kappa shape index (κ3) is 5.21. The zero-order valence-corrected chi connectivity index (χ0v) is 14.0. The molecule has 0 bridgehead atoms. The summed E-state index contributed by atoms with van der Waals surface area (Å²) in [5.74, 6) is -0.407. The van der Waals surface area contributed by atoms with Crippen molar-refractivity contribution in [1.29, 1.82) is 0 Å². The number of ether oxygens (including phenoxy) is 1. The summed E-state index contributed by atoms with van der Waals surface area (Å²) in [5, 5.41) is 5.64. The largest absolute Gasteiger partial charge is 0.384 e. The molecule has 126 valence electrons. The topological polar surface area (TPSA) is 67.4 Å². The lowest BCUT2D eigenvalue weighted by Gasteiger charge is -2.11. The maximum absolute atomic E-state index is 12.4. The van der Waals surface area contributed by atoms with Crippen LogP contribution in [0.25, 0.3) is 0 Å². The van der Waals surface area contributed by atoms with Gasteiger partial charge < -0.3 is 15.4 Å². The van der Waals surface area contributed by atoms with Crippen LogP contribution >= 0.6 is 0 Å². The summed E-state index contributed by atoms with van der Waals surface area (Å²) >= 11 is 0. The zero-order valence-electron chi connectivity index (χ0n) is 14.0. The molecule has 0 aromatic heterocycles. The lowest BCUT2D eigenvalue weighted by molar-refractivity contribution is -0.117. The van der Waals surface area contributed by atoms with E-state index in [4.69, 9.17) is 4.74 Å². The molecule has 2 rings (SSSR count). The number of amides is 2. The van der Waals surface area contributed by atoms with E-state index in [0.29, 0.717) is 24.4 Å². The highest BCUT2D eigenvalue weighted by molar-refractivity contribution is 6.03. The van der Waals surface area contributed by atoms with E-state index in [1.807, 2.05) is 31.2 Å². The van der Waals surface area contributed by atoms with Crippen molar-refractivity contribution in [3.05, 3.63) is 65.2 Å². The van der Waals surface area contributed by atoms with Crippen molar-refractivity contribution in [1.82, 2.24) is 5.32 Å². The minimum atomic E-state index is -0.223. The Labute approximate surface area is 142 Å². The van der Waals surface area contributed by atoms with E-state index in [1.165, 1.54) is 0 Å². The maximum atomic E-state index is 12.4.